The van der Waals surface area contributed by atoms with Gasteiger partial charge in [-0.2, -0.15) is 9.36 Å². The maximum Gasteiger partial charge on any atom is 0.363 e. The Morgan fingerprint density at radius 1 is 1.15 bits per heavy atom. The van der Waals surface area contributed by atoms with Gasteiger partial charge in [0.05, 0.1) is 12.2 Å². The predicted molar refractivity (Wildman–Crippen MR) is 123 cm³/mol. The predicted octanol–water partition coefficient (Wildman–Crippen LogP) is 1.76. The van der Waals surface area contributed by atoms with Crippen LogP contribution in [0.2, 0.25) is 0 Å². The number of aryl methyl sites for hydroxylation is 2. The molecule has 1 fully saturated rings. The largest absolute Gasteiger partial charge is 0.423 e. The Balaban J connectivity index is 0.00000324. The lowest BCUT2D eigenvalue weighted by atomic mass is 9.84. The minimum atomic E-state index is -0.978. The molecular weight excluding hydrogens is 467 g/mol. The van der Waals surface area contributed by atoms with Crippen molar-refractivity contribution in [2.24, 2.45) is 0 Å². The number of halogens is 2. The van der Waals surface area contributed by atoms with Crippen molar-refractivity contribution in [3.8, 4) is 0 Å². The fourth-order valence-corrected chi connectivity index (χ4v) is 4.38. The van der Waals surface area contributed by atoms with E-state index in [1.54, 1.807) is 25.1 Å². The second kappa shape index (κ2) is 10.4. The zero-order chi connectivity index (χ0) is 23.6. The van der Waals surface area contributed by atoms with Gasteiger partial charge in [-0.05, 0) is 42.3 Å². The van der Waals surface area contributed by atoms with E-state index in [0.717, 1.165) is 0 Å². The van der Waals surface area contributed by atoms with Crippen LogP contribution in [-0.2, 0) is 23.4 Å². The lowest BCUT2D eigenvalue weighted by molar-refractivity contribution is -0.118. The number of hydrogen-bond donors (Lipinski definition) is 0. The quantitative estimate of drug-likeness (QED) is 0.488. The summed E-state index contributed by atoms with van der Waals surface area (Å²) in [4.78, 5) is 28.6. The van der Waals surface area contributed by atoms with E-state index in [2.05, 4.69) is 25.5 Å². The Morgan fingerprint density at radius 2 is 1.82 bits per heavy atom. The van der Waals surface area contributed by atoms with Crippen molar-refractivity contribution in [2.45, 2.75) is 52.2 Å². The van der Waals surface area contributed by atoms with Gasteiger partial charge in [0, 0.05) is 40.0 Å². The molecule has 3 aromatic rings. The molecule has 13 heteroatoms. The summed E-state index contributed by atoms with van der Waals surface area (Å²) in [6, 6.07) is 6.18. The third kappa shape index (κ3) is 4.73. The van der Waals surface area contributed by atoms with E-state index in [0.29, 0.717) is 57.3 Å². The highest BCUT2D eigenvalue weighted by Crippen LogP contribution is 2.42. The highest BCUT2D eigenvalue weighted by Gasteiger charge is 2.48. The number of likely N-dealkylation sites (tertiary alicyclic amines) is 1. The highest BCUT2D eigenvalue weighted by atomic mass is 35.5. The molecule has 0 atom stereocenters. The second-order valence-electron chi connectivity index (χ2n) is 8.11. The van der Waals surface area contributed by atoms with Crippen molar-refractivity contribution in [1.82, 2.24) is 34.9 Å². The minimum absolute atomic E-state index is 0. The first-order valence-corrected chi connectivity index (χ1v) is 10.9. The maximum absolute atomic E-state index is 14.8. The number of carbonyl (C=O) groups is 1. The Morgan fingerprint density at radius 3 is 2.38 bits per heavy atom. The van der Waals surface area contributed by atoms with Crippen LogP contribution in [0, 0.1) is 12.7 Å². The van der Waals surface area contributed by atoms with Crippen LogP contribution in [0.15, 0.2) is 33.5 Å². The summed E-state index contributed by atoms with van der Waals surface area (Å²) in [6.45, 7) is 7.53. The van der Waals surface area contributed by atoms with Crippen LogP contribution in [0.5, 0.6) is 0 Å². The molecule has 1 amide bonds. The molecule has 0 spiro atoms. The van der Waals surface area contributed by atoms with Crippen molar-refractivity contribution in [1.29, 1.82) is 0 Å². The Kier molecular flexibility index (Phi) is 7.82. The van der Waals surface area contributed by atoms with Crippen LogP contribution in [0.3, 0.4) is 0 Å². The second-order valence-corrected chi connectivity index (χ2v) is 8.11. The molecule has 0 radical (unpaired) electrons. The average Bonchev–Trinajstić information content (AvgIpc) is 3.40. The molecule has 34 heavy (non-hydrogen) atoms. The number of para-hydroxylation sites is 1. The third-order valence-electron chi connectivity index (χ3n) is 6.07. The number of aromatic nitrogens is 6. The van der Waals surface area contributed by atoms with E-state index < -0.39 is 11.4 Å². The summed E-state index contributed by atoms with van der Waals surface area (Å²) in [6.07, 6.45) is 0.915. The SMILES string of the molecule is CCn1nnn(CCN2CCC(c3nnc(C)o3)(N(C(C)=O)c3ccccc3F)CC2)c1=O.Cl. The molecule has 0 bridgehead atoms. The first-order chi connectivity index (χ1) is 15.9. The van der Waals surface area contributed by atoms with Gasteiger partial charge in [-0.15, -0.1) is 22.6 Å². The number of tetrazole rings is 1. The maximum atomic E-state index is 14.8. The molecule has 3 heterocycles. The topological polar surface area (TPSA) is 115 Å². The summed E-state index contributed by atoms with van der Waals surface area (Å²) in [5.74, 6) is -0.140. The Bertz CT molecular complexity index is 1180. The molecule has 1 saturated heterocycles. The third-order valence-corrected chi connectivity index (χ3v) is 6.07. The van der Waals surface area contributed by atoms with Gasteiger partial charge in [0.15, 0.2) is 0 Å². The van der Waals surface area contributed by atoms with Gasteiger partial charge >= 0.3 is 5.69 Å². The monoisotopic (exact) mass is 494 g/mol. The van der Waals surface area contributed by atoms with Gasteiger partial charge in [0.2, 0.25) is 17.7 Å². The Labute approximate surface area is 201 Å². The molecule has 2 aromatic heterocycles. The number of amides is 1. The molecule has 0 N–H and O–H groups in total. The fourth-order valence-electron chi connectivity index (χ4n) is 4.38. The van der Waals surface area contributed by atoms with Gasteiger partial charge in [0.25, 0.3) is 0 Å². The first kappa shape index (κ1) is 25.5. The molecule has 1 aliphatic heterocycles. The minimum Gasteiger partial charge on any atom is -0.423 e. The van der Waals surface area contributed by atoms with E-state index in [9.17, 15) is 14.0 Å². The number of benzene rings is 1. The van der Waals surface area contributed by atoms with Crippen molar-refractivity contribution >= 4 is 24.0 Å². The number of nitrogens with zero attached hydrogens (tertiary/aromatic N) is 8. The standard InChI is InChI=1S/C21H27FN8O3.ClH/c1-4-28-20(32)29(26-25-28)14-13-27-11-9-21(10-12-27,19-24-23-15(2)33-19)30(16(3)31)18-8-6-5-7-17(18)22;/h5-8H,4,9-14H2,1-3H3;1H. The lowest BCUT2D eigenvalue weighted by Gasteiger charge is -2.46. The molecular formula is C21H28ClFN8O3. The highest BCUT2D eigenvalue weighted by molar-refractivity contribution is 5.93. The first-order valence-electron chi connectivity index (χ1n) is 10.9. The fraction of sp³-hybridized carbons (Fsp3) is 0.524. The zero-order valence-corrected chi connectivity index (χ0v) is 20.2. The van der Waals surface area contributed by atoms with Crippen LogP contribution in [0.4, 0.5) is 10.1 Å². The van der Waals surface area contributed by atoms with Gasteiger partial charge in [-0.1, -0.05) is 12.1 Å². The van der Waals surface area contributed by atoms with Crippen molar-refractivity contribution in [3.63, 3.8) is 0 Å². The normalized spacial score (nSPS) is 15.6. The van der Waals surface area contributed by atoms with Crippen LogP contribution in [0.25, 0.3) is 0 Å². The molecule has 11 nitrogen and oxygen atoms in total. The molecule has 4 rings (SSSR count). The van der Waals surface area contributed by atoms with E-state index in [4.69, 9.17) is 4.42 Å². The van der Waals surface area contributed by atoms with Gasteiger partial charge in [0.1, 0.15) is 11.4 Å². The number of carbonyl (C=O) groups excluding carboxylic acids is 1. The van der Waals surface area contributed by atoms with Gasteiger partial charge in [-0.25, -0.2) is 9.18 Å². The molecule has 1 aromatic carbocycles. The summed E-state index contributed by atoms with van der Waals surface area (Å²) in [5, 5.41) is 15.9. The summed E-state index contributed by atoms with van der Waals surface area (Å²) >= 11 is 0. The van der Waals surface area contributed by atoms with Crippen LogP contribution < -0.4 is 10.6 Å². The number of piperidine rings is 1. The Hall–Kier alpha value is -3.12. The summed E-state index contributed by atoms with van der Waals surface area (Å²) in [5.41, 5.74) is -1.04. The molecule has 0 saturated carbocycles. The zero-order valence-electron chi connectivity index (χ0n) is 19.3. The van der Waals surface area contributed by atoms with E-state index in [1.807, 2.05) is 6.92 Å². The van der Waals surface area contributed by atoms with E-state index >= 15 is 0 Å². The van der Waals surface area contributed by atoms with E-state index in [1.165, 1.54) is 27.3 Å². The van der Waals surface area contributed by atoms with Crippen molar-refractivity contribution in [2.75, 3.05) is 24.5 Å². The van der Waals surface area contributed by atoms with Crippen LogP contribution in [0.1, 0.15) is 38.5 Å². The van der Waals surface area contributed by atoms with E-state index in [-0.39, 0.29) is 29.7 Å². The van der Waals surface area contributed by atoms with Crippen LogP contribution in [-0.4, -0.2) is 60.4 Å². The van der Waals surface area contributed by atoms with Crippen LogP contribution >= 0.6 is 12.4 Å². The summed E-state index contributed by atoms with van der Waals surface area (Å²) in [7, 11) is 0. The number of anilines is 1. The molecule has 0 unspecified atom stereocenters. The molecule has 1 aliphatic rings. The van der Waals surface area contributed by atoms with Crippen molar-refractivity contribution < 1.29 is 13.6 Å². The smallest absolute Gasteiger partial charge is 0.363 e. The van der Waals surface area contributed by atoms with Gasteiger partial charge < -0.3 is 9.32 Å². The molecule has 184 valence electrons. The summed E-state index contributed by atoms with van der Waals surface area (Å²) < 4.78 is 23.2. The number of hydrogen-bond acceptors (Lipinski definition) is 8. The number of rotatable bonds is 7. The average molecular weight is 495 g/mol. The molecule has 0 aliphatic carbocycles. The van der Waals surface area contributed by atoms with Gasteiger partial charge in [-0.3, -0.25) is 9.69 Å². The lowest BCUT2D eigenvalue weighted by Crippen LogP contribution is -2.56. The van der Waals surface area contributed by atoms with Crippen molar-refractivity contribution in [3.05, 3.63) is 52.3 Å².